The molecule has 0 unspecified atom stereocenters. The standard InChI is InChI=1S/C19H21N3O/c1-14(2)22-13-21-17-10-16(8-9-18(17)22)11-19(23)20-12-15-6-4-3-5-7-15/h3-10,13-14H,11-12H2,1-2H3,(H,20,23). The van der Waals surface area contributed by atoms with Gasteiger partial charge in [0.1, 0.15) is 0 Å². The lowest BCUT2D eigenvalue weighted by molar-refractivity contribution is -0.120. The van der Waals surface area contributed by atoms with Gasteiger partial charge in [0.2, 0.25) is 5.91 Å². The van der Waals surface area contributed by atoms with Crippen LogP contribution in [0.5, 0.6) is 0 Å². The molecule has 0 spiro atoms. The van der Waals surface area contributed by atoms with Crippen LogP contribution in [-0.4, -0.2) is 15.5 Å². The second-order valence-corrected chi connectivity index (χ2v) is 6.01. The second kappa shape index (κ2) is 6.65. The van der Waals surface area contributed by atoms with Crippen LogP contribution in [-0.2, 0) is 17.8 Å². The summed E-state index contributed by atoms with van der Waals surface area (Å²) in [7, 11) is 0. The first-order valence-corrected chi connectivity index (χ1v) is 7.89. The van der Waals surface area contributed by atoms with Crippen LogP contribution < -0.4 is 5.32 Å². The van der Waals surface area contributed by atoms with E-state index in [0.717, 1.165) is 22.2 Å². The highest BCUT2D eigenvalue weighted by Gasteiger charge is 2.08. The van der Waals surface area contributed by atoms with Gasteiger partial charge in [0.05, 0.1) is 23.8 Å². The molecule has 2 aromatic carbocycles. The summed E-state index contributed by atoms with van der Waals surface area (Å²) >= 11 is 0. The second-order valence-electron chi connectivity index (χ2n) is 6.01. The summed E-state index contributed by atoms with van der Waals surface area (Å²) in [5.41, 5.74) is 4.13. The van der Waals surface area contributed by atoms with E-state index in [4.69, 9.17) is 0 Å². The summed E-state index contributed by atoms with van der Waals surface area (Å²) in [6.45, 7) is 4.82. The van der Waals surface area contributed by atoms with Gasteiger partial charge in [0.15, 0.2) is 0 Å². The quantitative estimate of drug-likeness (QED) is 0.784. The summed E-state index contributed by atoms with van der Waals surface area (Å²) in [6.07, 6.45) is 2.23. The van der Waals surface area contributed by atoms with Crippen molar-refractivity contribution in [1.29, 1.82) is 0 Å². The van der Waals surface area contributed by atoms with Crippen molar-refractivity contribution in [1.82, 2.24) is 14.9 Å². The molecule has 1 N–H and O–H groups in total. The van der Waals surface area contributed by atoms with Crippen LogP contribution in [0.1, 0.15) is 31.0 Å². The molecule has 0 radical (unpaired) electrons. The van der Waals surface area contributed by atoms with Crippen molar-refractivity contribution in [2.24, 2.45) is 0 Å². The Bertz CT molecular complexity index is 806. The topological polar surface area (TPSA) is 46.9 Å². The van der Waals surface area contributed by atoms with Gasteiger partial charge in [-0.3, -0.25) is 4.79 Å². The van der Waals surface area contributed by atoms with Crippen LogP contribution in [0.4, 0.5) is 0 Å². The van der Waals surface area contributed by atoms with Crippen molar-refractivity contribution in [3.8, 4) is 0 Å². The lowest BCUT2D eigenvalue weighted by Gasteiger charge is -2.08. The number of rotatable bonds is 5. The van der Waals surface area contributed by atoms with Crippen LogP contribution >= 0.6 is 0 Å². The number of carbonyl (C=O) groups is 1. The summed E-state index contributed by atoms with van der Waals surface area (Å²) in [5, 5.41) is 2.95. The summed E-state index contributed by atoms with van der Waals surface area (Å²) in [4.78, 5) is 16.5. The molecule has 1 heterocycles. The van der Waals surface area contributed by atoms with Gasteiger partial charge in [0, 0.05) is 12.6 Å². The molecule has 4 heteroatoms. The number of hydrogen-bond acceptors (Lipinski definition) is 2. The first-order chi connectivity index (χ1) is 11.1. The molecule has 3 rings (SSSR count). The smallest absolute Gasteiger partial charge is 0.224 e. The average molecular weight is 307 g/mol. The fourth-order valence-corrected chi connectivity index (χ4v) is 2.64. The van der Waals surface area contributed by atoms with Gasteiger partial charge in [-0.15, -0.1) is 0 Å². The maximum atomic E-state index is 12.1. The number of amides is 1. The minimum Gasteiger partial charge on any atom is -0.352 e. The van der Waals surface area contributed by atoms with Gasteiger partial charge < -0.3 is 9.88 Å². The summed E-state index contributed by atoms with van der Waals surface area (Å²) in [5.74, 6) is 0.0245. The van der Waals surface area contributed by atoms with E-state index in [9.17, 15) is 4.79 Å². The third kappa shape index (κ3) is 3.59. The molecule has 4 nitrogen and oxygen atoms in total. The highest BCUT2D eigenvalue weighted by molar-refractivity contribution is 5.81. The van der Waals surface area contributed by atoms with Gasteiger partial charge >= 0.3 is 0 Å². The third-order valence-electron chi connectivity index (χ3n) is 3.89. The molecule has 1 amide bonds. The Morgan fingerprint density at radius 3 is 2.65 bits per heavy atom. The van der Waals surface area contributed by atoms with E-state index >= 15 is 0 Å². The molecular formula is C19H21N3O. The highest BCUT2D eigenvalue weighted by atomic mass is 16.1. The largest absolute Gasteiger partial charge is 0.352 e. The maximum absolute atomic E-state index is 12.1. The Hall–Kier alpha value is -2.62. The molecule has 1 aromatic heterocycles. The van der Waals surface area contributed by atoms with Gasteiger partial charge in [-0.2, -0.15) is 0 Å². The lowest BCUT2D eigenvalue weighted by atomic mass is 10.1. The Labute approximate surface area is 136 Å². The number of hydrogen-bond donors (Lipinski definition) is 1. The van der Waals surface area contributed by atoms with E-state index < -0.39 is 0 Å². The zero-order valence-electron chi connectivity index (χ0n) is 13.5. The Morgan fingerprint density at radius 2 is 1.91 bits per heavy atom. The number of aromatic nitrogens is 2. The van der Waals surface area contributed by atoms with Crippen LogP contribution in [0.3, 0.4) is 0 Å². The van der Waals surface area contributed by atoms with E-state index in [1.54, 1.807) is 0 Å². The molecule has 23 heavy (non-hydrogen) atoms. The van der Waals surface area contributed by atoms with E-state index in [-0.39, 0.29) is 5.91 Å². The SMILES string of the molecule is CC(C)n1cnc2cc(CC(=O)NCc3ccccc3)ccc21. The van der Waals surface area contributed by atoms with Crippen molar-refractivity contribution >= 4 is 16.9 Å². The molecule has 0 aliphatic rings. The number of imidazole rings is 1. The van der Waals surface area contributed by atoms with Crippen molar-refractivity contribution < 1.29 is 4.79 Å². The lowest BCUT2D eigenvalue weighted by Crippen LogP contribution is -2.24. The Kier molecular flexibility index (Phi) is 4.42. The minimum atomic E-state index is 0.0245. The molecule has 0 fully saturated rings. The van der Waals surface area contributed by atoms with Crippen LogP contribution in [0.2, 0.25) is 0 Å². The predicted molar refractivity (Wildman–Crippen MR) is 92.1 cm³/mol. The third-order valence-corrected chi connectivity index (χ3v) is 3.89. The fraction of sp³-hybridized carbons (Fsp3) is 0.263. The number of carbonyl (C=O) groups excluding carboxylic acids is 1. The zero-order chi connectivity index (χ0) is 16.2. The molecule has 0 atom stereocenters. The van der Waals surface area contributed by atoms with Gasteiger partial charge in [-0.1, -0.05) is 36.4 Å². The van der Waals surface area contributed by atoms with Crippen molar-refractivity contribution in [2.75, 3.05) is 0 Å². The first-order valence-electron chi connectivity index (χ1n) is 7.89. The zero-order valence-corrected chi connectivity index (χ0v) is 13.5. The Morgan fingerprint density at radius 1 is 1.13 bits per heavy atom. The summed E-state index contributed by atoms with van der Waals surface area (Å²) < 4.78 is 2.13. The molecule has 0 saturated heterocycles. The number of benzene rings is 2. The molecule has 0 saturated carbocycles. The number of fused-ring (bicyclic) bond motifs is 1. The van der Waals surface area contributed by atoms with Crippen molar-refractivity contribution in [2.45, 2.75) is 32.9 Å². The average Bonchev–Trinajstić information content (AvgIpc) is 2.97. The molecule has 0 aliphatic carbocycles. The van der Waals surface area contributed by atoms with E-state index in [1.165, 1.54) is 0 Å². The first kappa shape index (κ1) is 15.3. The minimum absolute atomic E-state index is 0.0245. The van der Waals surface area contributed by atoms with Crippen LogP contribution in [0.15, 0.2) is 54.9 Å². The van der Waals surface area contributed by atoms with E-state index in [1.807, 2.05) is 54.9 Å². The Balaban J connectivity index is 1.65. The van der Waals surface area contributed by atoms with E-state index in [2.05, 4.69) is 28.7 Å². The summed E-state index contributed by atoms with van der Waals surface area (Å²) in [6, 6.07) is 16.3. The maximum Gasteiger partial charge on any atom is 0.224 e. The van der Waals surface area contributed by atoms with E-state index in [0.29, 0.717) is 19.0 Å². The fourth-order valence-electron chi connectivity index (χ4n) is 2.64. The van der Waals surface area contributed by atoms with Gasteiger partial charge in [0.25, 0.3) is 0 Å². The van der Waals surface area contributed by atoms with Crippen LogP contribution in [0.25, 0.3) is 11.0 Å². The molecule has 3 aromatic rings. The van der Waals surface area contributed by atoms with Gasteiger partial charge in [-0.05, 0) is 37.1 Å². The van der Waals surface area contributed by atoms with Gasteiger partial charge in [-0.25, -0.2) is 4.98 Å². The monoisotopic (exact) mass is 307 g/mol. The molecular weight excluding hydrogens is 286 g/mol. The number of nitrogens with one attached hydrogen (secondary N) is 1. The molecule has 118 valence electrons. The van der Waals surface area contributed by atoms with Crippen LogP contribution in [0, 0.1) is 0 Å². The van der Waals surface area contributed by atoms with Crippen molar-refractivity contribution in [3.63, 3.8) is 0 Å². The predicted octanol–water partition coefficient (Wildman–Crippen LogP) is 3.48. The number of nitrogens with zero attached hydrogens (tertiary/aromatic N) is 2. The highest BCUT2D eigenvalue weighted by Crippen LogP contribution is 2.19. The van der Waals surface area contributed by atoms with Crippen molar-refractivity contribution in [3.05, 3.63) is 66.0 Å². The molecule has 0 bridgehead atoms. The molecule has 0 aliphatic heterocycles. The normalized spacial score (nSPS) is 11.1.